The molecule has 0 saturated carbocycles. The van der Waals surface area contributed by atoms with Crippen molar-refractivity contribution in [2.45, 2.75) is 20.5 Å². The summed E-state index contributed by atoms with van der Waals surface area (Å²) in [5, 5.41) is -0.376. The van der Waals surface area contributed by atoms with E-state index >= 15 is 0 Å². The van der Waals surface area contributed by atoms with Gasteiger partial charge in [0.2, 0.25) is 5.24 Å². The second kappa shape index (κ2) is 7.31. The minimum atomic E-state index is -0.648. The van der Waals surface area contributed by atoms with Crippen LogP contribution in [0.25, 0.3) is 0 Å². The lowest BCUT2D eigenvalue weighted by molar-refractivity contribution is -0.117. The Kier molecular flexibility index (Phi) is 6.06. The number of rotatable bonds is 7. The van der Waals surface area contributed by atoms with Gasteiger partial charge in [-0.15, -0.1) is 0 Å². The van der Waals surface area contributed by atoms with Gasteiger partial charge in [0.25, 0.3) is 0 Å². The molecule has 3 nitrogen and oxygen atoms in total. The van der Waals surface area contributed by atoms with Crippen molar-refractivity contribution in [1.82, 2.24) is 0 Å². The van der Waals surface area contributed by atoms with Crippen LogP contribution in [-0.2, 0) is 16.1 Å². The van der Waals surface area contributed by atoms with Gasteiger partial charge >= 0.3 is 0 Å². The van der Waals surface area contributed by atoms with Crippen molar-refractivity contribution in [2.24, 2.45) is 5.41 Å². The molecule has 1 aromatic rings. The van der Waals surface area contributed by atoms with Crippen molar-refractivity contribution in [3.63, 3.8) is 0 Å². The third-order valence-corrected chi connectivity index (χ3v) is 3.17. The summed E-state index contributed by atoms with van der Waals surface area (Å²) < 4.78 is 10.6. The number of hydrogen-bond donors (Lipinski definition) is 0. The summed E-state index contributed by atoms with van der Waals surface area (Å²) in [7, 11) is 1.64. The van der Waals surface area contributed by atoms with Crippen LogP contribution >= 0.6 is 11.6 Å². The van der Waals surface area contributed by atoms with E-state index in [1.165, 1.54) is 0 Å². The highest BCUT2D eigenvalue weighted by Gasteiger charge is 2.21. The van der Waals surface area contributed by atoms with Crippen LogP contribution < -0.4 is 4.74 Å². The predicted octanol–water partition coefficient (Wildman–Crippen LogP) is 3.56. The van der Waals surface area contributed by atoms with Crippen LogP contribution in [0.4, 0.5) is 0 Å². The van der Waals surface area contributed by atoms with E-state index in [-0.39, 0.29) is 5.24 Å². The average Bonchev–Trinajstić information content (AvgIpc) is 2.38. The van der Waals surface area contributed by atoms with Crippen LogP contribution in [0.5, 0.6) is 5.75 Å². The Morgan fingerprint density at radius 2 is 1.95 bits per heavy atom. The van der Waals surface area contributed by atoms with E-state index in [0.717, 1.165) is 11.3 Å². The number of carbonyl (C=O) groups is 1. The predicted molar refractivity (Wildman–Crippen MR) is 76.4 cm³/mol. The second-order valence-corrected chi connectivity index (χ2v) is 5.10. The fraction of sp³-hybridized carbons (Fsp3) is 0.400. The quantitative estimate of drug-likeness (QED) is 0.436. The highest BCUT2D eigenvalue weighted by Crippen LogP contribution is 2.20. The van der Waals surface area contributed by atoms with Gasteiger partial charge in [0.05, 0.1) is 25.7 Å². The molecule has 0 N–H and O–H groups in total. The zero-order valence-corrected chi connectivity index (χ0v) is 12.2. The topological polar surface area (TPSA) is 35.5 Å². The van der Waals surface area contributed by atoms with Gasteiger partial charge in [-0.1, -0.05) is 24.3 Å². The molecule has 0 saturated heterocycles. The lowest BCUT2D eigenvalue weighted by atomic mass is 9.95. The summed E-state index contributed by atoms with van der Waals surface area (Å²) in [5.74, 6) is 0.825. The molecule has 0 aromatic heterocycles. The van der Waals surface area contributed by atoms with Gasteiger partial charge in [-0.3, -0.25) is 4.79 Å². The summed E-state index contributed by atoms with van der Waals surface area (Å²) in [5.41, 5.74) is 0.423. The normalized spacial score (nSPS) is 11.8. The second-order valence-electron chi connectivity index (χ2n) is 4.76. The van der Waals surface area contributed by atoms with Crippen molar-refractivity contribution >= 4 is 16.8 Å². The first-order valence-corrected chi connectivity index (χ1v) is 6.42. The van der Waals surface area contributed by atoms with Crippen molar-refractivity contribution < 1.29 is 14.3 Å². The first kappa shape index (κ1) is 15.7. The van der Waals surface area contributed by atoms with Gasteiger partial charge < -0.3 is 9.47 Å². The van der Waals surface area contributed by atoms with Crippen LogP contribution in [0.15, 0.2) is 36.4 Å². The molecule has 0 aliphatic carbocycles. The molecule has 0 fully saturated rings. The third kappa shape index (κ3) is 5.45. The molecule has 0 radical (unpaired) electrons. The molecule has 0 unspecified atom stereocenters. The number of benzene rings is 1. The molecule has 0 spiro atoms. The summed E-state index contributed by atoms with van der Waals surface area (Å²) in [4.78, 5) is 11.1. The molecule has 4 heteroatoms. The fourth-order valence-corrected chi connectivity index (χ4v) is 1.44. The molecule has 19 heavy (non-hydrogen) atoms. The Bertz CT molecular complexity index is 435. The molecule has 1 rings (SSSR count). The smallest absolute Gasteiger partial charge is 0.231 e. The molecule has 0 aliphatic rings. The zero-order chi connectivity index (χ0) is 14.3. The van der Waals surface area contributed by atoms with Crippen LogP contribution in [0.1, 0.15) is 19.4 Å². The summed E-state index contributed by atoms with van der Waals surface area (Å²) in [6, 6.07) is 7.69. The Labute approximate surface area is 119 Å². The summed E-state index contributed by atoms with van der Waals surface area (Å²) in [6.45, 7) is 4.49. The SMILES string of the molecule is COc1ccc(COCC=CC(C)(C)C(=O)Cl)cc1. The molecule has 0 heterocycles. The number of hydrogen-bond acceptors (Lipinski definition) is 3. The first-order chi connectivity index (χ1) is 8.95. The maximum atomic E-state index is 11.1. The summed E-state index contributed by atoms with van der Waals surface area (Å²) >= 11 is 5.46. The van der Waals surface area contributed by atoms with Crippen molar-refractivity contribution in [2.75, 3.05) is 13.7 Å². The van der Waals surface area contributed by atoms with Crippen LogP contribution in [0.2, 0.25) is 0 Å². The van der Waals surface area contributed by atoms with E-state index in [9.17, 15) is 4.79 Å². The van der Waals surface area contributed by atoms with Gasteiger partial charge in [0.15, 0.2) is 0 Å². The van der Waals surface area contributed by atoms with E-state index in [0.29, 0.717) is 13.2 Å². The van der Waals surface area contributed by atoms with E-state index < -0.39 is 5.41 Å². The maximum absolute atomic E-state index is 11.1. The molecule has 1 aromatic carbocycles. The Morgan fingerprint density at radius 1 is 1.32 bits per heavy atom. The molecule has 0 atom stereocenters. The van der Waals surface area contributed by atoms with Crippen molar-refractivity contribution in [1.29, 1.82) is 0 Å². The van der Waals surface area contributed by atoms with Gasteiger partial charge in [0.1, 0.15) is 5.75 Å². The molecule has 104 valence electrons. The van der Waals surface area contributed by atoms with Crippen molar-refractivity contribution in [3.05, 3.63) is 42.0 Å². The van der Waals surface area contributed by atoms with E-state index in [1.54, 1.807) is 27.0 Å². The highest BCUT2D eigenvalue weighted by molar-refractivity contribution is 6.64. The molecule has 0 amide bonds. The number of halogens is 1. The first-order valence-electron chi connectivity index (χ1n) is 6.04. The van der Waals surface area contributed by atoms with Gasteiger partial charge in [0, 0.05) is 0 Å². The number of allylic oxidation sites excluding steroid dienone is 1. The largest absolute Gasteiger partial charge is 0.497 e. The Balaban J connectivity index is 2.34. The minimum Gasteiger partial charge on any atom is -0.497 e. The van der Waals surface area contributed by atoms with Crippen LogP contribution in [0, 0.1) is 5.41 Å². The average molecular weight is 283 g/mol. The lowest BCUT2D eigenvalue weighted by Crippen LogP contribution is -2.16. The number of ether oxygens (including phenoxy) is 2. The van der Waals surface area contributed by atoms with E-state index in [4.69, 9.17) is 21.1 Å². The fourth-order valence-electron chi connectivity index (χ4n) is 1.37. The highest BCUT2D eigenvalue weighted by atomic mass is 35.5. The van der Waals surface area contributed by atoms with E-state index in [1.807, 2.05) is 30.3 Å². The number of carbonyl (C=O) groups excluding carboxylic acids is 1. The Morgan fingerprint density at radius 3 is 2.47 bits per heavy atom. The number of methoxy groups -OCH3 is 1. The third-order valence-electron chi connectivity index (χ3n) is 2.68. The van der Waals surface area contributed by atoms with Gasteiger partial charge in [-0.05, 0) is 43.1 Å². The standard InChI is InChI=1S/C15H19ClO3/c1-15(2,14(16)17)9-4-10-19-11-12-5-7-13(18-3)8-6-12/h4-9H,10-11H2,1-3H3. The zero-order valence-electron chi connectivity index (χ0n) is 11.5. The molecular formula is C15H19ClO3. The molecule has 0 aliphatic heterocycles. The van der Waals surface area contributed by atoms with E-state index in [2.05, 4.69) is 0 Å². The maximum Gasteiger partial charge on any atom is 0.231 e. The Hall–Kier alpha value is -1.32. The van der Waals surface area contributed by atoms with Gasteiger partial charge in [-0.2, -0.15) is 0 Å². The van der Waals surface area contributed by atoms with Crippen LogP contribution in [0.3, 0.4) is 0 Å². The van der Waals surface area contributed by atoms with Crippen LogP contribution in [-0.4, -0.2) is 19.0 Å². The molecule has 0 bridgehead atoms. The minimum absolute atomic E-state index is 0.376. The molecular weight excluding hydrogens is 264 g/mol. The lowest BCUT2D eigenvalue weighted by Gasteiger charge is -2.13. The summed E-state index contributed by atoms with van der Waals surface area (Å²) in [6.07, 6.45) is 3.57. The van der Waals surface area contributed by atoms with Gasteiger partial charge in [-0.25, -0.2) is 0 Å². The van der Waals surface area contributed by atoms with Crippen molar-refractivity contribution in [3.8, 4) is 5.75 Å². The monoisotopic (exact) mass is 282 g/mol.